The number of nitrogens with zero attached hydrogens (tertiary/aromatic N) is 3. The summed E-state index contributed by atoms with van der Waals surface area (Å²) >= 11 is 18.6. The second kappa shape index (κ2) is 12.6. The van der Waals surface area contributed by atoms with Crippen LogP contribution in [0, 0.1) is 0 Å². The molecule has 2 N–H and O–H groups in total. The zero-order valence-electron chi connectivity index (χ0n) is 21.1. The molecule has 0 fully saturated rings. The van der Waals surface area contributed by atoms with Crippen molar-refractivity contribution < 1.29 is 14.3 Å². The van der Waals surface area contributed by atoms with Crippen molar-refractivity contribution in [2.45, 2.75) is 32.6 Å². The first-order valence-electron chi connectivity index (χ1n) is 11.6. The van der Waals surface area contributed by atoms with E-state index in [-0.39, 0.29) is 18.5 Å². The lowest BCUT2D eigenvalue weighted by Gasteiger charge is -2.23. The number of para-hydroxylation sites is 1. The maximum Gasteiger partial charge on any atom is 0.322 e. The summed E-state index contributed by atoms with van der Waals surface area (Å²) in [6, 6.07) is 13.3. The lowest BCUT2D eigenvalue weighted by Crippen LogP contribution is -2.41. The minimum atomic E-state index is -0.481. The minimum Gasteiger partial charge on any atom is -0.385 e. The van der Waals surface area contributed by atoms with E-state index in [0.29, 0.717) is 45.3 Å². The standard InChI is InChI=1S/C26H30Cl3N5O3/c1-26(2,3)22-15-23(34(32-22)21-9-6-5-8-18(21)28)31-24(35)16-33(12-7-13-37-4)25(36)30-20-11-10-17(27)14-19(20)29/h5-6,8-11,14-15H,7,12-13,16H2,1-4H3,(H,30,36)(H,31,35). The van der Waals surface area contributed by atoms with Gasteiger partial charge in [0.25, 0.3) is 0 Å². The number of ether oxygens (including phenoxy) is 1. The Kier molecular flexibility index (Phi) is 9.84. The largest absolute Gasteiger partial charge is 0.385 e. The quantitative estimate of drug-likeness (QED) is 0.284. The number of anilines is 2. The monoisotopic (exact) mass is 565 g/mol. The number of urea groups is 1. The molecule has 198 valence electrons. The van der Waals surface area contributed by atoms with Gasteiger partial charge in [-0.2, -0.15) is 5.10 Å². The Morgan fingerprint density at radius 2 is 1.76 bits per heavy atom. The third kappa shape index (κ3) is 7.85. The van der Waals surface area contributed by atoms with E-state index in [9.17, 15) is 9.59 Å². The van der Waals surface area contributed by atoms with E-state index in [1.165, 1.54) is 11.0 Å². The van der Waals surface area contributed by atoms with Crippen LogP contribution >= 0.6 is 34.8 Å². The van der Waals surface area contributed by atoms with Crippen LogP contribution in [0.5, 0.6) is 0 Å². The van der Waals surface area contributed by atoms with E-state index in [1.807, 2.05) is 45.0 Å². The Labute approximate surface area is 231 Å². The number of carbonyl (C=O) groups is 2. The molecule has 0 atom stereocenters. The molecule has 3 aromatic rings. The van der Waals surface area contributed by atoms with E-state index in [2.05, 4.69) is 10.6 Å². The molecule has 0 bridgehead atoms. The van der Waals surface area contributed by atoms with Crippen LogP contribution in [-0.4, -0.2) is 53.4 Å². The summed E-state index contributed by atoms with van der Waals surface area (Å²) in [5.74, 6) is 0.0458. The lowest BCUT2D eigenvalue weighted by molar-refractivity contribution is -0.116. The molecule has 0 radical (unpaired) electrons. The van der Waals surface area contributed by atoms with Crippen LogP contribution in [0.25, 0.3) is 5.69 Å². The number of hydrogen-bond acceptors (Lipinski definition) is 4. The van der Waals surface area contributed by atoms with Gasteiger partial charge < -0.3 is 20.3 Å². The maximum absolute atomic E-state index is 13.2. The van der Waals surface area contributed by atoms with Crippen LogP contribution in [0.4, 0.5) is 16.3 Å². The Morgan fingerprint density at radius 3 is 2.41 bits per heavy atom. The van der Waals surface area contributed by atoms with E-state index in [0.717, 1.165) is 5.69 Å². The molecule has 0 unspecified atom stereocenters. The van der Waals surface area contributed by atoms with Crippen molar-refractivity contribution in [3.05, 3.63) is 69.3 Å². The maximum atomic E-state index is 13.2. The molecule has 0 saturated heterocycles. The third-order valence-corrected chi connectivity index (χ3v) is 6.26. The molecule has 37 heavy (non-hydrogen) atoms. The molecule has 8 nitrogen and oxygen atoms in total. The number of rotatable bonds is 9. The van der Waals surface area contributed by atoms with Crippen LogP contribution in [0.1, 0.15) is 32.9 Å². The summed E-state index contributed by atoms with van der Waals surface area (Å²) in [6.07, 6.45) is 0.539. The number of aromatic nitrogens is 2. The number of hydrogen-bond donors (Lipinski definition) is 2. The molecule has 11 heteroatoms. The predicted octanol–water partition coefficient (Wildman–Crippen LogP) is 6.64. The Balaban J connectivity index is 1.82. The number of benzene rings is 2. The molecule has 2 aromatic carbocycles. The lowest BCUT2D eigenvalue weighted by atomic mass is 9.92. The topological polar surface area (TPSA) is 88.5 Å². The van der Waals surface area contributed by atoms with Crippen molar-refractivity contribution in [1.29, 1.82) is 0 Å². The molecule has 0 saturated carbocycles. The first-order chi connectivity index (χ1) is 17.5. The van der Waals surface area contributed by atoms with Crippen molar-refractivity contribution in [3.8, 4) is 5.69 Å². The van der Waals surface area contributed by atoms with Gasteiger partial charge in [-0.05, 0) is 36.8 Å². The molecule has 0 aliphatic rings. The number of methoxy groups -OCH3 is 1. The van der Waals surface area contributed by atoms with Gasteiger partial charge in [0.15, 0.2) is 0 Å². The second-order valence-electron chi connectivity index (χ2n) is 9.40. The van der Waals surface area contributed by atoms with Crippen LogP contribution in [0.3, 0.4) is 0 Å². The average molecular weight is 567 g/mol. The second-order valence-corrected chi connectivity index (χ2v) is 10.6. The molecule has 0 aliphatic heterocycles. The van der Waals surface area contributed by atoms with Crippen molar-refractivity contribution in [1.82, 2.24) is 14.7 Å². The highest BCUT2D eigenvalue weighted by Gasteiger charge is 2.24. The Morgan fingerprint density at radius 1 is 1.03 bits per heavy atom. The van der Waals surface area contributed by atoms with Gasteiger partial charge in [-0.1, -0.05) is 67.7 Å². The summed E-state index contributed by atoms with van der Waals surface area (Å²) in [4.78, 5) is 27.6. The van der Waals surface area contributed by atoms with E-state index in [4.69, 9.17) is 44.6 Å². The minimum absolute atomic E-state index is 0.209. The van der Waals surface area contributed by atoms with Crippen LogP contribution < -0.4 is 10.6 Å². The summed E-state index contributed by atoms with van der Waals surface area (Å²) in [5, 5.41) is 11.6. The smallest absolute Gasteiger partial charge is 0.322 e. The third-order valence-electron chi connectivity index (χ3n) is 5.40. The normalized spacial score (nSPS) is 11.3. The first-order valence-corrected chi connectivity index (χ1v) is 12.8. The fourth-order valence-electron chi connectivity index (χ4n) is 3.44. The van der Waals surface area contributed by atoms with Crippen molar-refractivity contribution >= 4 is 58.2 Å². The highest BCUT2D eigenvalue weighted by Crippen LogP contribution is 2.29. The van der Waals surface area contributed by atoms with Crippen molar-refractivity contribution in [2.24, 2.45) is 0 Å². The number of halogens is 3. The van der Waals surface area contributed by atoms with Gasteiger partial charge in [0, 0.05) is 36.8 Å². The molecule has 1 aromatic heterocycles. The summed E-state index contributed by atoms with van der Waals surface area (Å²) in [6.45, 7) is 6.60. The predicted molar refractivity (Wildman–Crippen MR) is 149 cm³/mol. The summed E-state index contributed by atoms with van der Waals surface area (Å²) < 4.78 is 6.72. The molecule has 3 rings (SSSR count). The fraction of sp³-hybridized carbons (Fsp3) is 0.346. The van der Waals surface area contributed by atoms with Gasteiger partial charge in [0.2, 0.25) is 5.91 Å². The Hall–Kier alpha value is -2.78. The average Bonchev–Trinajstić information content (AvgIpc) is 3.24. The molecule has 3 amide bonds. The van der Waals surface area contributed by atoms with Crippen LogP contribution in [0.2, 0.25) is 15.1 Å². The van der Waals surface area contributed by atoms with Crippen molar-refractivity contribution in [3.63, 3.8) is 0 Å². The first kappa shape index (κ1) is 28.8. The highest BCUT2D eigenvalue weighted by atomic mass is 35.5. The van der Waals surface area contributed by atoms with Crippen LogP contribution in [0.15, 0.2) is 48.5 Å². The molecular formula is C26H30Cl3N5O3. The van der Waals surface area contributed by atoms with E-state index in [1.54, 1.807) is 30.0 Å². The zero-order chi connectivity index (χ0) is 27.2. The highest BCUT2D eigenvalue weighted by molar-refractivity contribution is 6.36. The van der Waals surface area contributed by atoms with Crippen LogP contribution in [-0.2, 0) is 14.9 Å². The summed E-state index contributed by atoms with van der Waals surface area (Å²) in [5.41, 5.74) is 1.52. The number of amides is 3. The van der Waals surface area contributed by atoms with E-state index >= 15 is 0 Å². The van der Waals surface area contributed by atoms with Gasteiger partial charge >= 0.3 is 6.03 Å². The van der Waals surface area contributed by atoms with Crippen molar-refractivity contribution in [2.75, 3.05) is 37.4 Å². The van der Waals surface area contributed by atoms with Gasteiger partial charge in [-0.25, -0.2) is 9.48 Å². The molecule has 0 spiro atoms. The van der Waals surface area contributed by atoms with Gasteiger partial charge in [0.05, 0.1) is 27.1 Å². The molecule has 0 aliphatic carbocycles. The molecule has 1 heterocycles. The Bertz CT molecular complexity index is 1260. The molecular weight excluding hydrogens is 537 g/mol. The number of carbonyl (C=O) groups excluding carboxylic acids is 2. The fourth-order valence-corrected chi connectivity index (χ4v) is 4.11. The van der Waals surface area contributed by atoms with Gasteiger partial charge in [-0.3, -0.25) is 4.79 Å². The SMILES string of the molecule is COCCCN(CC(=O)Nc1cc(C(C)(C)C)nn1-c1ccccc1Cl)C(=O)Nc1ccc(Cl)cc1Cl. The van der Waals surface area contributed by atoms with E-state index < -0.39 is 11.9 Å². The van der Waals surface area contributed by atoms with Gasteiger partial charge in [0.1, 0.15) is 12.4 Å². The summed E-state index contributed by atoms with van der Waals surface area (Å²) in [7, 11) is 1.58. The number of nitrogens with one attached hydrogen (secondary N) is 2. The van der Waals surface area contributed by atoms with Gasteiger partial charge in [-0.15, -0.1) is 0 Å². The zero-order valence-corrected chi connectivity index (χ0v) is 23.4.